The molecule has 0 fully saturated rings. The number of nitrogens with one attached hydrogen (secondary N) is 2. The van der Waals surface area contributed by atoms with Gasteiger partial charge in [-0.25, -0.2) is 4.99 Å². The summed E-state index contributed by atoms with van der Waals surface area (Å²) in [4.78, 5) is 17.7. The van der Waals surface area contributed by atoms with Crippen molar-refractivity contribution in [3.8, 4) is 0 Å². The summed E-state index contributed by atoms with van der Waals surface area (Å²) in [6.07, 6.45) is 0. The Morgan fingerprint density at radius 3 is 2.55 bits per heavy atom. The van der Waals surface area contributed by atoms with Gasteiger partial charge in [0.15, 0.2) is 0 Å². The van der Waals surface area contributed by atoms with Crippen LogP contribution >= 0.6 is 15.9 Å². The van der Waals surface area contributed by atoms with E-state index in [1.165, 1.54) is 0 Å². The summed E-state index contributed by atoms with van der Waals surface area (Å²) in [5.74, 6) is 0.166. The van der Waals surface area contributed by atoms with E-state index in [9.17, 15) is 4.79 Å². The minimum absolute atomic E-state index is 0.235. The molecule has 0 bridgehead atoms. The first kappa shape index (κ1) is 22.7. The predicted octanol–water partition coefficient (Wildman–Crippen LogP) is 5.30. The minimum atomic E-state index is -0.235. The first-order valence-corrected chi connectivity index (χ1v) is 11.1. The summed E-state index contributed by atoms with van der Waals surface area (Å²) < 4.78 is 2.70. The van der Waals surface area contributed by atoms with Crippen LogP contribution in [-0.4, -0.2) is 21.6 Å². The normalized spacial score (nSPS) is 11.5. The van der Waals surface area contributed by atoms with E-state index in [2.05, 4.69) is 44.7 Å². The molecule has 3 rings (SSSR count). The Kier molecular flexibility index (Phi) is 7.28. The van der Waals surface area contributed by atoms with Gasteiger partial charge in [0.1, 0.15) is 0 Å². The number of aryl methyl sites for hydroxylation is 4. The fourth-order valence-electron chi connectivity index (χ4n) is 3.36. The van der Waals surface area contributed by atoms with E-state index >= 15 is 0 Å². The molecule has 0 saturated carbocycles. The lowest BCUT2D eigenvalue weighted by Gasteiger charge is -2.15. The van der Waals surface area contributed by atoms with E-state index in [0.717, 1.165) is 44.8 Å². The van der Waals surface area contributed by atoms with E-state index in [4.69, 9.17) is 4.99 Å². The number of carbonyl (C=O) groups excluding carboxylic acids is 1. The van der Waals surface area contributed by atoms with Gasteiger partial charge < -0.3 is 5.32 Å². The monoisotopic (exact) mass is 481 g/mol. The van der Waals surface area contributed by atoms with Crippen molar-refractivity contribution in [2.45, 2.75) is 47.7 Å². The predicted molar refractivity (Wildman–Crippen MR) is 130 cm³/mol. The van der Waals surface area contributed by atoms with E-state index in [1.54, 1.807) is 6.07 Å². The average Bonchev–Trinajstić information content (AvgIpc) is 3.02. The molecule has 0 aliphatic heterocycles. The lowest BCUT2D eigenvalue weighted by molar-refractivity contribution is 0.0976. The van der Waals surface area contributed by atoms with Crippen molar-refractivity contribution in [1.29, 1.82) is 0 Å². The Morgan fingerprint density at radius 2 is 1.87 bits per heavy atom. The second kappa shape index (κ2) is 9.92. The van der Waals surface area contributed by atoms with Crippen molar-refractivity contribution >= 4 is 33.5 Å². The van der Waals surface area contributed by atoms with Gasteiger partial charge in [-0.1, -0.05) is 24.3 Å². The van der Waals surface area contributed by atoms with Crippen molar-refractivity contribution < 1.29 is 4.79 Å². The van der Waals surface area contributed by atoms with Crippen LogP contribution in [0.4, 0.5) is 5.69 Å². The van der Waals surface area contributed by atoms with Gasteiger partial charge in [0.05, 0.1) is 17.8 Å². The first-order valence-electron chi connectivity index (χ1n) is 10.3. The maximum absolute atomic E-state index is 12.9. The molecule has 3 aromatic rings. The van der Waals surface area contributed by atoms with Crippen LogP contribution < -0.4 is 10.6 Å². The van der Waals surface area contributed by atoms with Gasteiger partial charge >= 0.3 is 0 Å². The number of nitrogens with zero attached hydrogens (tertiary/aromatic N) is 3. The van der Waals surface area contributed by atoms with Crippen LogP contribution in [0.15, 0.2) is 51.9 Å². The number of benzene rings is 2. The number of carbonyl (C=O) groups is 1. The molecular formula is C24H28BrN5O. The summed E-state index contributed by atoms with van der Waals surface area (Å²) in [6.45, 7) is 11.4. The maximum atomic E-state index is 12.9. The Morgan fingerprint density at radius 1 is 1.13 bits per heavy atom. The van der Waals surface area contributed by atoms with Gasteiger partial charge in [-0.2, -0.15) is 5.10 Å². The molecule has 31 heavy (non-hydrogen) atoms. The highest BCUT2D eigenvalue weighted by Gasteiger charge is 2.15. The fraction of sp³-hybridized carbons (Fsp3) is 0.292. The van der Waals surface area contributed by atoms with Crippen LogP contribution in [0, 0.1) is 27.7 Å². The third-order valence-electron chi connectivity index (χ3n) is 5.22. The molecule has 0 spiro atoms. The quantitative estimate of drug-likeness (QED) is 0.383. The van der Waals surface area contributed by atoms with Crippen LogP contribution in [-0.2, 0) is 13.1 Å². The third-order valence-corrected chi connectivity index (χ3v) is 5.91. The molecular weight excluding hydrogens is 454 g/mol. The number of aromatic nitrogens is 2. The SMILES string of the molecule is CCn1nc(C)c(CN=C(NC(=O)c2ccccc2Br)Nc2cc(C)ccc2C)c1C. The average molecular weight is 482 g/mol. The smallest absolute Gasteiger partial charge is 0.259 e. The van der Waals surface area contributed by atoms with E-state index < -0.39 is 0 Å². The molecule has 1 heterocycles. The molecule has 162 valence electrons. The largest absolute Gasteiger partial charge is 0.326 e. The molecule has 0 radical (unpaired) electrons. The molecule has 2 aromatic carbocycles. The summed E-state index contributed by atoms with van der Waals surface area (Å²) >= 11 is 3.45. The molecule has 2 N–H and O–H groups in total. The molecule has 1 aromatic heterocycles. The fourth-order valence-corrected chi connectivity index (χ4v) is 3.82. The topological polar surface area (TPSA) is 71.3 Å². The van der Waals surface area contributed by atoms with Crippen LogP contribution in [0.1, 0.15) is 45.4 Å². The number of guanidine groups is 1. The van der Waals surface area contributed by atoms with Gasteiger partial charge in [-0.15, -0.1) is 0 Å². The van der Waals surface area contributed by atoms with Gasteiger partial charge in [0.2, 0.25) is 5.96 Å². The zero-order valence-corrected chi connectivity index (χ0v) is 20.2. The third kappa shape index (κ3) is 5.41. The summed E-state index contributed by atoms with van der Waals surface area (Å²) in [7, 11) is 0. The standard InChI is InChI=1S/C24H28BrN5O/c1-6-30-18(5)20(17(4)29-30)14-26-24(27-22-13-15(2)11-12-16(22)3)28-23(31)19-9-7-8-10-21(19)25/h7-13H,6,14H2,1-5H3,(H2,26,27,28,31). The van der Waals surface area contributed by atoms with Crippen molar-refractivity contribution in [2.24, 2.45) is 4.99 Å². The number of hydrogen-bond donors (Lipinski definition) is 2. The minimum Gasteiger partial charge on any atom is -0.326 e. The number of hydrogen-bond acceptors (Lipinski definition) is 3. The summed E-state index contributed by atoms with van der Waals surface area (Å²) in [5, 5.41) is 10.8. The molecule has 7 heteroatoms. The lowest BCUT2D eigenvalue weighted by Crippen LogP contribution is -2.36. The van der Waals surface area contributed by atoms with E-state index in [0.29, 0.717) is 18.1 Å². The van der Waals surface area contributed by atoms with Gasteiger partial charge in [-0.3, -0.25) is 14.8 Å². The van der Waals surface area contributed by atoms with Crippen LogP contribution in [0.3, 0.4) is 0 Å². The van der Waals surface area contributed by atoms with Gasteiger partial charge in [0.25, 0.3) is 5.91 Å². The number of amides is 1. The highest BCUT2D eigenvalue weighted by atomic mass is 79.9. The zero-order valence-electron chi connectivity index (χ0n) is 18.6. The van der Waals surface area contributed by atoms with Gasteiger partial charge in [-0.05, 0) is 79.9 Å². The Labute approximate surface area is 191 Å². The van der Waals surface area contributed by atoms with Crippen molar-refractivity contribution in [3.63, 3.8) is 0 Å². The molecule has 0 atom stereocenters. The molecule has 0 unspecified atom stereocenters. The Bertz CT molecular complexity index is 1130. The second-order valence-corrected chi connectivity index (χ2v) is 8.36. The van der Waals surface area contributed by atoms with Crippen molar-refractivity contribution in [1.82, 2.24) is 15.1 Å². The molecule has 0 aliphatic rings. The number of halogens is 1. The maximum Gasteiger partial charge on any atom is 0.259 e. The summed E-state index contributed by atoms with van der Waals surface area (Å²) in [6, 6.07) is 13.5. The number of aliphatic imine (C=N–C) groups is 1. The molecule has 0 aliphatic carbocycles. The van der Waals surface area contributed by atoms with E-state index in [-0.39, 0.29) is 5.91 Å². The second-order valence-electron chi connectivity index (χ2n) is 7.51. The molecule has 1 amide bonds. The highest BCUT2D eigenvalue weighted by molar-refractivity contribution is 9.10. The molecule has 0 saturated heterocycles. The van der Waals surface area contributed by atoms with Crippen LogP contribution in [0.25, 0.3) is 0 Å². The number of anilines is 1. The van der Waals surface area contributed by atoms with E-state index in [1.807, 2.05) is 62.7 Å². The zero-order chi connectivity index (χ0) is 22.5. The first-order chi connectivity index (χ1) is 14.8. The Balaban J connectivity index is 1.92. The van der Waals surface area contributed by atoms with Crippen molar-refractivity contribution in [3.05, 3.63) is 80.6 Å². The highest BCUT2D eigenvalue weighted by Crippen LogP contribution is 2.19. The Hall–Kier alpha value is -2.93. The van der Waals surface area contributed by atoms with Crippen LogP contribution in [0.5, 0.6) is 0 Å². The molecule has 6 nitrogen and oxygen atoms in total. The van der Waals surface area contributed by atoms with Crippen LogP contribution in [0.2, 0.25) is 0 Å². The van der Waals surface area contributed by atoms with Crippen molar-refractivity contribution in [2.75, 3.05) is 5.32 Å². The van der Waals surface area contributed by atoms with Gasteiger partial charge in [0, 0.05) is 28.0 Å². The number of rotatable bonds is 5. The summed E-state index contributed by atoms with van der Waals surface area (Å²) in [5.41, 5.74) is 6.75. The lowest BCUT2D eigenvalue weighted by atomic mass is 10.1.